The van der Waals surface area contributed by atoms with Gasteiger partial charge in [0.1, 0.15) is 0 Å². The van der Waals surface area contributed by atoms with Crippen LogP contribution in [0.1, 0.15) is 15.9 Å². The van der Waals surface area contributed by atoms with E-state index < -0.39 is 5.97 Å². The predicted octanol–water partition coefficient (Wildman–Crippen LogP) is 2.89. The molecule has 7 nitrogen and oxygen atoms in total. The van der Waals surface area contributed by atoms with Crippen LogP contribution < -0.4 is 9.62 Å². The summed E-state index contributed by atoms with van der Waals surface area (Å²) in [5.74, 6) is -0.234. The van der Waals surface area contributed by atoms with Gasteiger partial charge in [-0.05, 0) is 42.6 Å². The highest BCUT2D eigenvalue weighted by Gasteiger charge is 2.21. The molecule has 8 heteroatoms. The first-order valence-electron chi connectivity index (χ1n) is 8.33. The minimum absolute atomic E-state index is 0.164. The Balaban J connectivity index is 1.81. The topological polar surface area (TPSA) is 77.9 Å². The van der Waals surface area contributed by atoms with E-state index in [4.69, 9.17) is 4.84 Å². The lowest BCUT2D eigenvalue weighted by molar-refractivity contribution is -0.133. The van der Waals surface area contributed by atoms with Gasteiger partial charge in [-0.15, -0.1) is 0 Å². The highest BCUT2D eigenvalue weighted by atomic mass is 32.2. The number of rotatable bonds is 6. The molecular formula is C18H22N4O3S. The maximum atomic E-state index is 11.3. The van der Waals surface area contributed by atoms with Crippen LogP contribution in [0.2, 0.25) is 0 Å². The van der Waals surface area contributed by atoms with Crippen molar-refractivity contribution < 1.29 is 14.7 Å². The van der Waals surface area contributed by atoms with E-state index in [1.54, 1.807) is 13.2 Å². The summed E-state index contributed by atoms with van der Waals surface area (Å²) in [5.41, 5.74) is 2.03. The van der Waals surface area contributed by atoms with Crippen molar-refractivity contribution in [2.75, 3.05) is 42.9 Å². The van der Waals surface area contributed by atoms with Gasteiger partial charge in [-0.25, -0.2) is 9.78 Å². The van der Waals surface area contributed by atoms with Gasteiger partial charge in [0, 0.05) is 37.3 Å². The standard InChI is InChI=1S/C18H22N4O3S/c1-13-4-3-5-15(10-13)26-20-16-11-14(18(23)24)12-19-17(16)21-6-8-22(25-2)9-7-21/h3-5,10-12,20H,6-9H2,1-2H3,(H,23,24). The van der Waals surface area contributed by atoms with Gasteiger partial charge < -0.3 is 19.6 Å². The SMILES string of the molecule is CON1CCN(c2ncc(C(=O)O)cc2NSc2cccc(C)c2)CC1. The van der Waals surface area contributed by atoms with Gasteiger partial charge in [0.25, 0.3) is 0 Å². The Morgan fingerprint density at radius 3 is 2.69 bits per heavy atom. The molecule has 26 heavy (non-hydrogen) atoms. The van der Waals surface area contributed by atoms with E-state index >= 15 is 0 Å². The van der Waals surface area contributed by atoms with Crippen LogP contribution in [0.5, 0.6) is 0 Å². The van der Waals surface area contributed by atoms with Gasteiger partial charge in [0.2, 0.25) is 0 Å². The molecule has 2 N–H and O–H groups in total. The number of carbonyl (C=O) groups is 1. The van der Waals surface area contributed by atoms with E-state index in [9.17, 15) is 9.90 Å². The van der Waals surface area contributed by atoms with E-state index in [0.29, 0.717) is 5.69 Å². The normalized spacial score (nSPS) is 15.1. The molecule has 3 rings (SSSR count). The second-order valence-corrected chi connectivity index (χ2v) is 6.90. The number of piperazine rings is 1. The van der Waals surface area contributed by atoms with Crippen molar-refractivity contribution in [2.24, 2.45) is 0 Å². The molecule has 0 saturated carbocycles. The van der Waals surface area contributed by atoms with Crippen LogP contribution in [0.25, 0.3) is 0 Å². The summed E-state index contributed by atoms with van der Waals surface area (Å²) in [6, 6.07) is 9.75. The van der Waals surface area contributed by atoms with Gasteiger partial charge in [0.15, 0.2) is 5.82 Å². The Kier molecular flexibility index (Phi) is 5.97. The maximum absolute atomic E-state index is 11.3. The lowest BCUT2D eigenvalue weighted by atomic mass is 10.2. The summed E-state index contributed by atoms with van der Waals surface area (Å²) >= 11 is 1.45. The number of aromatic nitrogens is 1. The quantitative estimate of drug-likeness (QED) is 0.748. The molecule has 0 unspecified atom stereocenters. The highest BCUT2D eigenvalue weighted by molar-refractivity contribution is 8.00. The van der Waals surface area contributed by atoms with Crippen molar-refractivity contribution in [3.8, 4) is 0 Å². The van der Waals surface area contributed by atoms with Crippen molar-refractivity contribution >= 4 is 29.4 Å². The molecule has 0 atom stereocenters. The molecule has 1 fully saturated rings. The smallest absolute Gasteiger partial charge is 0.337 e. The fraction of sp³-hybridized carbons (Fsp3) is 0.333. The summed E-state index contributed by atoms with van der Waals surface area (Å²) < 4.78 is 3.28. The Hall–Kier alpha value is -2.29. The maximum Gasteiger partial charge on any atom is 0.337 e. The number of aryl methyl sites for hydroxylation is 1. The van der Waals surface area contributed by atoms with Crippen LogP contribution in [0.3, 0.4) is 0 Å². The lowest BCUT2D eigenvalue weighted by Gasteiger charge is -2.34. The van der Waals surface area contributed by atoms with Gasteiger partial charge in [-0.2, -0.15) is 5.06 Å². The zero-order valence-corrected chi connectivity index (χ0v) is 15.6. The number of carboxylic acid groups (broad SMARTS) is 1. The third-order valence-electron chi connectivity index (χ3n) is 4.18. The predicted molar refractivity (Wildman–Crippen MR) is 103 cm³/mol. The molecule has 1 aliphatic heterocycles. The molecule has 1 aliphatic rings. The van der Waals surface area contributed by atoms with E-state index in [1.807, 2.05) is 30.2 Å². The van der Waals surface area contributed by atoms with Crippen molar-refractivity contribution in [2.45, 2.75) is 11.8 Å². The Morgan fingerprint density at radius 1 is 1.27 bits per heavy atom. The zero-order valence-electron chi connectivity index (χ0n) is 14.8. The minimum Gasteiger partial charge on any atom is -0.478 e. The van der Waals surface area contributed by atoms with Gasteiger partial charge in [0.05, 0.1) is 18.4 Å². The Morgan fingerprint density at radius 2 is 2.04 bits per heavy atom. The Bertz CT molecular complexity index is 779. The van der Waals surface area contributed by atoms with Crippen molar-refractivity contribution in [3.05, 3.63) is 47.7 Å². The number of benzene rings is 1. The number of aromatic carboxylic acids is 1. The Labute approximate surface area is 157 Å². The van der Waals surface area contributed by atoms with Crippen LogP contribution in [0.15, 0.2) is 41.4 Å². The van der Waals surface area contributed by atoms with Gasteiger partial charge in [-0.1, -0.05) is 12.1 Å². The largest absolute Gasteiger partial charge is 0.478 e. The van der Waals surface area contributed by atoms with Crippen molar-refractivity contribution in [3.63, 3.8) is 0 Å². The van der Waals surface area contributed by atoms with Crippen LogP contribution >= 0.6 is 11.9 Å². The summed E-state index contributed by atoms with van der Waals surface area (Å²) in [7, 11) is 1.67. The second-order valence-electron chi connectivity index (χ2n) is 6.02. The van der Waals surface area contributed by atoms with E-state index in [1.165, 1.54) is 23.7 Å². The fourth-order valence-electron chi connectivity index (χ4n) is 2.78. The number of hydrogen-bond acceptors (Lipinski definition) is 7. The summed E-state index contributed by atoms with van der Waals surface area (Å²) in [4.78, 5) is 24.2. The second kappa shape index (κ2) is 8.39. The van der Waals surface area contributed by atoms with Crippen LogP contribution in [-0.2, 0) is 4.84 Å². The number of hydrogen-bond donors (Lipinski definition) is 2. The molecule has 1 saturated heterocycles. The van der Waals surface area contributed by atoms with Crippen LogP contribution in [0.4, 0.5) is 11.5 Å². The minimum atomic E-state index is -0.989. The number of nitrogens with one attached hydrogen (secondary N) is 1. The van der Waals surface area contributed by atoms with Gasteiger partial charge in [-0.3, -0.25) is 0 Å². The molecule has 0 spiro atoms. The fourth-order valence-corrected chi connectivity index (χ4v) is 3.55. The third kappa shape index (κ3) is 4.46. The van der Waals surface area contributed by atoms with Crippen molar-refractivity contribution in [1.29, 1.82) is 0 Å². The molecular weight excluding hydrogens is 352 g/mol. The molecule has 2 heterocycles. The molecule has 1 aromatic heterocycles. The zero-order chi connectivity index (χ0) is 18.5. The van der Waals surface area contributed by atoms with E-state index in [0.717, 1.165) is 36.9 Å². The first-order valence-corrected chi connectivity index (χ1v) is 9.15. The van der Waals surface area contributed by atoms with Crippen LogP contribution in [-0.4, -0.2) is 54.4 Å². The molecule has 1 aromatic carbocycles. The molecule has 0 aliphatic carbocycles. The number of nitrogens with zero attached hydrogens (tertiary/aromatic N) is 3. The van der Waals surface area contributed by atoms with E-state index in [-0.39, 0.29) is 5.56 Å². The molecule has 0 amide bonds. The average molecular weight is 374 g/mol. The summed E-state index contributed by atoms with van der Waals surface area (Å²) in [5, 5.41) is 11.2. The first-order chi connectivity index (χ1) is 12.6. The third-order valence-corrected chi connectivity index (χ3v) is 4.99. The number of hydroxylamine groups is 2. The molecule has 2 aromatic rings. The van der Waals surface area contributed by atoms with E-state index in [2.05, 4.69) is 20.7 Å². The number of anilines is 2. The number of carboxylic acids is 1. The van der Waals surface area contributed by atoms with Crippen LogP contribution in [0, 0.1) is 6.92 Å². The van der Waals surface area contributed by atoms with Gasteiger partial charge >= 0.3 is 5.97 Å². The highest BCUT2D eigenvalue weighted by Crippen LogP contribution is 2.30. The average Bonchev–Trinajstić information content (AvgIpc) is 2.66. The number of pyridine rings is 1. The summed E-state index contributed by atoms with van der Waals surface area (Å²) in [6.45, 7) is 5.10. The molecule has 0 radical (unpaired) electrons. The first kappa shape index (κ1) is 18.5. The lowest BCUT2D eigenvalue weighted by Crippen LogP contribution is -2.46. The summed E-state index contributed by atoms with van der Waals surface area (Å²) in [6.07, 6.45) is 1.41. The monoisotopic (exact) mass is 374 g/mol. The molecule has 0 bridgehead atoms. The molecule has 138 valence electrons. The van der Waals surface area contributed by atoms with Crippen molar-refractivity contribution in [1.82, 2.24) is 10.0 Å².